The van der Waals surface area contributed by atoms with Gasteiger partial charge in [-0.1, -0.05) is 24.6 Å². The lowest BCUT2D eigenvalue weighted by atomic mass is 9.89. The lowest BCUT2D eigenvalue weighted by Gasteiger charge is -2.42. The molecule has 0 bridgehead atoms. The first kappa shape index (κ1) is 12.0. The van der Waals surface area contributed by atoms with Crippen molar-refractivity contribution in [3.8, 4) is 0 Å². The molecule has 0 aromatic heterocycles. The molecule has 0 amide bonds. The zero-order valence-corrected chi connectivity index (χ0v) is 11.4. The third kappa shape index (κ3) is 2.39. The second-order valence-corrected chi connectivity index (χ2v) is 6.10. The lowest BCUT2D eigenvalue weighted by Crippen LogP contribution is -2.54. The molecule has 1 fully saturated rings. The maximum Gasteiger partial charge on any atom is 0.0399 e. The third-order valence-corrected chi connectivity index (χ3v) is 4.45. The van der Waals surface area contributed by atoms with Crippen LogP contribution >= 0.6 is 0 Å². The number of piperidine rings is 1. The predicted octanol–water partition coefficient (Wildman–Crippen LogP) is 2.97. The van der Waals surface area contributed by atoms with Gasteiger partial charge in [0.05, 0.1) is 0 Å². The first-order chi connectivity index (χ1) is 8.77. The monoisotopic (exact) mass is 244 g/mol. The van der Waals surface area contributed by atoms with Gasteiger partial charge < -0.3 is 10.2 Å². The summed E-state index contributed by atoms with van der Waals surface area (Å²) in [5, 5.41) is 3.73. The van der Waals surface area contributed by atoms with E-state index >= 15 is 0 Å². The van der Waals surface area contributed by atoms with Gasteiger partial charge in [-0.3, -0.25) is 0 Å². The molecule has 2 nitrogen and oxygen atoms in total. The number of para-hydroxylation sites is 1. The van der Waals surface area contributed by atoms with Crippen LogP contribution in [-0.4, -0.2) is 25.2 Å². The fourth-order valence-electron chi connectivity index (χ4n) is 3.45. The summed E-state index contributed by atoms with van der Waals surface area (Å²) in [6.45, 7) is 5.95. The average Bonchev–Trinajstić information content (AvgIpc) is 2.40. The molecule has 0 saturated carbocycles. The van der Waals surface area contributed by atoms with E-state index in [1.807, 2.05) is 0 Å². The number of nitrogens with one attached hydrogen (secondary N) is 1. The largest absolute Gasteiger partial charge is 0.369 e. The molecular formula is C16H24N2. The standard InChI is InChI=1S/C16H24N2/c1-16(10-4-5-11-17-16)13-18-12-6-8-14-7-2-3-9-15(14)18/h2-3,7,9,17H,4-6,8,10-13H2,1H3. The molecule has 1 atom stereocenters. The number of benzene rings is 1. The molecule has 2 heterocycles. The van der Waals surface area contributed by atoms with Gasteiger partial charge in [0.25, 0.3) is 0 Å². The van der Waals surface area contributed by atoms with Gasteiger partial charge >= 0.3 is 0 Å². The van der Waals surface area contributed by atoms with Crippen molar-refractivity contribution in [3.63, 3.8) is 0 Å². The van der Waals surface area contributed by atoms with E-state index in [1.165, 1.54) is 56.4 Å². The molecule has 3 rings (SSSR count). The first-order valence-corrected chi connectivity index (χ1v) is 7.35. The molecular weight excluding hydrogens is 220 g/mol. The van der Waals surface area contributed by atoms with E-state index in [-0.39, 0.29) is 0 Å². The second-order valence-electron chi connectivity index (χ2n) is 6.10. The van der Waals surface area contributed by atoms with Crippen molar-refractivity contribution in [3.05, 3.63) is 29.8 Å². The zero-order chi connectivity index (χ0) is 12.4. The summed E-state index contributed by atoms with van der Waals surface area (Å²) in [6, 6.07) is 8.93. The van der Waals surface area contributed by atoms with Crippen molar-refractivity contribution in [1.29, 1.82) is 0 Å². The molecule has 1 N–H and O–H groups in total. The van der Waals surface area contributed by atoms with Crippen LogP contribution in [0.5, 0.6) is 0 Å². The molecule has 1 aromatic carbocycles. The number of hydrogen-bond donors (Lipinski definition) is 1. The van der Waals surface area contributed by atoms with Crippen molar-refractivity contribution in [2.45, 2.75) is 44.6 Å². The van der Waals surface area contributed by atoms with Crippen LogP contribution in [0, 0.1) is 0 Å². The molecule has 1 saturated heterocycles. The summed E-state index contributed by atoms with van der Waals surface area (Å²) in [7, 11) is 0. The first-order valence-electron chi connectivity index (χ1n) is 7.35. The fourth-order valence-corrected chi connectivity index (χ4v) is 3.45. The highest BCUT2D eigenvalue weighted by Gasteiger charge is 2.30. The molecule has 2 heteroatoms. The van der Waals surface area contributed by atoms with Crippen molar-refractivity contribution in [1.82, 2.24) is 5.32 Å². The third-order valence-electron chi connectivity index (χ3n) is 4.45. The maximum absolute atomic E-state index is 3.73. The summed E-state index contributed by atoms with van der Waals surface area (Å²) in [5.74, 6) is 0. The number of rotatable bonds is 2. The van der Waals surface area contributed by atoms with Crippen molar-refractivity contribution < 1.29 is 0 Å². The molecule has 0 spiro atoms. The van der Waals surface area contributed by atoms with Crippen LogP contribution in [0.25, 0.3) is 0 Å². The average molecular weight is 244 g/mol. The normalized spacial score (nSPS) is 27.9. The van der Waals surface area contributed by atoms with Crippen molar-refractivity contribution in [2.75, 3.05) is 24.5 Å². The van der Waals surface area contributed by atoms with Gasteiger partial charge in [-0.05, 0) is 50.8 Å². The van der Waals surface area contributed by atoms with E-state index in [2.05, 4.69) is 41.4 Å². The Morgan fingerprint density at radius 1 is 1.22 bits per heavy atom. The fraction of sp³-hybridized carbons (Fsp3) is 0.625. The van der Waals surface area contributed by atoms with E-state index in [1.54, 1.807) is 0 Å². The Morgan fingerprint density at radius 3 is 2.94 bits per heavy atom. The zero-order valence-electron chi connectivity index (χ0n) is 11.4. The number of hydrogen-bond acceptors (Lipinski definition) is 2. The minimum atomic E-state index is 0.308. The van der Waals surface area contributed by atoms with E-state index in [4.69, 9.17) is 0 Å². The van der Waals surface area contributed by atoms with Gasteiger partial charge in [0.15, 0.2) is 0 Å². The number of aryl methyl sites for hydroxylation is 1. The summed E-state index contributed by atoms with van der Waals surface area (Å²) in [6.07, 6.45) is 6.57. The smallest absolute Gasteiger partial charge is 0.0399 e. The summed E-state index contributed by atoms with van der Waals surface area (Å²) >= 11 is 0. The van der Waals surface area contributed by atoms with Gasteiger partial charge in [-0.25, -0.2) is 0 Å². The molecule has 1 unspecified atom stereocenters. The SMILES string of the molecule is CC1(CN2CCCc3ccccc32)CCCCN1. The Bertz CT molecular complexity index is 407. The summed E-state index contributed by atoms with van der Waals surface area (Å²) in [4.78, 5) is 2.59. The molecule has 2 aliphatic rings. The molecule has 98 valence electrons. The molecule has 18 heavy (non-hydrogen) atoms. The van der Waals surface area contributed by atoms with Gasteiger partial charge in [0, 0.05) is 24.3 Å². The Labute approximate surface area is 110 Å². The highest BCUT2D eigenvalue weighted by molar-refractivity contribution is 5.55. The van der Waals surface area contributed by atoms with E-state index in [9.17, 15) is 0 Å². The molecule has 0 aliphatic carbocycles. The molecule has 0 radical (unpaired) electrons. The number of anilines is 1. The molecule has 2 aliphatic heterocycles. The van der Waals surface area contributed by atoms with Crippen LogP contribution in [0.4, 0.5) is 5.69 Å². The van der Waals surface area contributed by atoms with E-state index in [0.717, 1.165) is 6.54 Å². The second kappa shape index (κ2) is 4.93. The van der Waals surface area contributed by atoms with Gasteiger partial charge in [-0.15, -0.1) is 0 Å². The highest BCUT2D eigenvalue weighted by atomic mass is 15.2. The molecule has 1 aromatic rings. The van der Waals surface area contributed by atoms with E-state index < -0.39 is 0 Å². The summed E-state index contributed by atoms with van der Waals surface area (Å²) in [5.41, 5.74) is 3.31. The Balaban J connectivity index is 1.77. The Morgan fingerprint density at radius 2 is 2.11 bits per heavy atom. The summed E-state index contributed by atoms with van der Waals surface area (Å²) < 4.78 is 0. The minimum absolute atomic E-state index is 0.308. The number of fused-ring (bicyclic) bond motifs is 1. The quantitative estimate of drug-likeness (QED) is 0.860. The predicted molar refractivity (Wildman–Crippen MR) is 77.2 cm³/mol. The van der Waals surface area contributed by atoms with E-state index in [0.29, 0.717) is 5.54 Å². The minimum Gasteiger partial charge on any atom is -0.369 e. The van der Waals surface area contributed by atoms with Gasteiger partial charge in [0.1, 0.15) is 0 Å². The lowest BCUT2D eigenvalue weighted by molar-refractivity contribution is 0.279. The van der Waals surface area contributed by atoms with Gasteiger partial charge in [0.2, 0.25) is 0 Å². The Kier molecular flexibility index (Phi) is 3.29. The Hall–Kier alpha value is -1.02. The van der Waals surface area contributed by atoms with Crippen molar-refractivity contribution in [2.24, 2.45) is 0 Å². The van der Waals surface area contributed by atoms with Crippen LogP contribution in [0.2, 0.25) is 0 Å². The van der Waals surface area contributed by atoms with Crippen LogP contribution in [-0.2, 0) is 6.42 Å². The van der Waals surface area contributed by atoms with Gasteiger partial charge in [-0.2, -0.15) is 0 Å². The highest BCUT2D eigenvalue weighted by Crippen LogP contribution is 2.29. The number of nitrogens with zero attached hydrogens (tertiary/aromatic N) is 1. The van der Waals surface area contributed by atoms with Crippen LogP contribution in [0.15, 0.2) is 24.3 Å². The topological polar surface area (TPSA) is 15.3 Å². The maximum atomic E-state index is 3.73. The van der Waals surface area contributed by atoms with Crippen LogP contribution in [0.3, 0.4) is 0 Å². The van der Waals surface area contributed by atoms with Crippen molar-refractivity contribution >= 4 is 5.69 Å². The van der Waals surface area contributed by atoms with Crippen LogP contribution < -0.4 is 10.2 Å². The van der Waals surface area contributed by atoms with Crippen LogP contribution in [0.1, 0.15) is 38.2 Å².